The predicted molar refractivity (Wildman–Crippen MR) is 96.5 cm³/mol. The number of carbonyl (C=O) groups excluding carboxylic acids is 2. The zero-order valence-corrected chi connectivity index (χ0v) is 14.3. The minimum absolute atomic E-state index is 0.147. The quantitative estimate of drug-likeness (QED) is 0.643. The van der Waals surface area contributed by atoms with Crippen LogP contribution in [-0.4, -0.2) is 33.6 Å². The summed E-state index contributed by atoms with van der Waals surface area (Å²) in [6.07, 6.45) is 4.55. The summed E-state index contributed by atoms with van der Waals surface area (Å²) in [5.41, 5.74) is 2.82. The Balaban J connectivity index is 1.68. The zero-order chi connectivity index (χ0) is 17.8. The summed E-state index contributed by atoms with van der Waals surface area (Å²) < 4.78 is 1.62. The molecule has 0 fully saturated rings. The maximum atomic E-state index is 12.3. The van der Waals surface area contributed by atoms with E-state index >= 15 is 0 Å². The molecule has 25 heavy (non-hydrogen) atoms. The molecular formula is C18H21N5O2. The summed E-state index contributed by atoms with van der Waals surface area (Å²) in [7, 11) is 1.54. The normalized spacial score (nSPS) is 10.8. The van der Waals surface area contributed by atoms with E-state index in [-0.39, 0.29) is 17.5 Å². The first-order chi connectivity index (χ1) is 12.1. The second-order valence-corrected chi connectivity index (χ2v) is 5.73. The lowest BCUT2D eigenvalue weighted by Crippen LogP contribution is -2.21. The number of hydrogen-bond acceptors (Lipinski definition) is 3. The van der Waals surface area contributed by atoms with E-state index in [0.717, 1.165) is 16.5 Å². The van der Waals surface area contributed by atoms with E-state index in [9.17, 15) is 9.59 Å². The number of fused-ring (bicyclic) bond motifs is 1. The first-order valence-electron chi connectivity index (χ1n) is 8.26. The van der Waals surface area contributed by atoms with Gasteiger partial charge in [0.25, 0.3) is 5.91 Å². The topological polar surface area (TPSA) is 91.8 Å². The molecule has 7 heteroatoms. The predicted octanol–water partition coefficient (Wildman–Crippen LogP) is 2.32. The van der Waals surface area contributed by atoms with Crippen LogP contribution in [0.1, 0.15) is 29.4 Å². The third-order valence-electron chi connectivity index (χ3n) is 4.10. The molecule has 7 nitrogen and oxygen atoms in total. The number of aromatic nitrogens is 3. The first kappa shape index (κ1) is 16.8. The number of carbonyl (C=O) groups is 2. The average molecular weight is 339 g/mol. The van der Waals surface area contributed by atoms with Gasteiger partial charge < -0.3 is 15.6 Å². The van der Waals surface area contributed by atoms with Gasteiger partial charge in [-0.2, -0.15) is 5.10 Å². The summed E-state index contributed by atoms with van der Waals surface area (Å²) in [5, 5.41) is 10.6. The van der Waals surface area contributed by atoms with Crippen LogP contribution >= 0.6 is 0 Å². The molecule has 0 saturated heterocycles. The molecule has 1 aromatic carbocycles. The van der Waals surface area contributed by atoms with Gasteiger partial charge in [0, 0.05) is 43.3 Å². The van der Waals surface area contributed by atoms with Crippen LogP contribution in [0.25, 0.3) is 10.9 Å². The molecule has 0 aliphatic heterocycles. The van der Waals surface area contributed by atoms with Crippen LogP contribution in [0, 0.1) is 0 Å². The minimum atomic E-state index is -0.320. The fourth-order valence-corrected chi connectivity index (χ4v) is 2.76. The SMILES string of the molecule is CCn1cc(NC(=O)CCc2c[nH]c3ccccc23)c(C(=O)NC)n1. The van der Waals surface area contributed by atoms with Gasteiger partial charge in [-0.3, -0.25) is 14.3 Å². The van der Waals surface area contributed by atoms with Crippen molar-refractivity contribution in [2.24, 2.45) is 0 Å². The highest BCUT2D eigenvalue weighted by atomic mass is 16.2. The van der Waals surface area contributed by atoms with Crippen molar-refractivity contribution < 1.29 is 9.59 Å². The number of aryl methyl sites for hydroxylation is 2. The number of H-pyrrole nitrogens is 1. The Bertz CT molecular complexity index is 909. The molecule has 2 amide bonds. The van der Waals surface area contributed by atoms with Crippen molar-refractivity contribution in [2.75, 3.05) is 12.4 Å². The molecule has 3 rings (SSSR count). The largest absolute Gasteiger partial charge is 0.361 e. The highest BCUT2D eigenvalue weighted by Gasteiger charge is 2.17. The van der Waals surface area contributed by atoms with Crippen molar-refractivity contribution in [2.45, 2.75) is 26.3 Å². The van der Waals surface area contributed by atoms with Crippen molar-refractivity contribution in [3.05, 3.63) is 47.9 Å². The lowest BCUT2D eigenvalue weighted by atomic mass is 10.1. The molecule has 0 radical (unpaired) electrons. The van der Waals surface area contributed by atoms with E-state index in [2.05, 4.69) is 20.7 Å². The average Bonchev–Trinajstić information content (AvgIpc) is 3.23. The molecule has 3 N–H and O–H groups in total. The van der Waals surface area contributed by atoms with E-state index in [1.165, 1.54) is 7.05 Å². The molecule has 3 aromatic rings. The van der Waals surface area contributed by atoms with Crippen molar-refractivity contribution >= 4 is 28.4 Å². The molecule has 2 heterocycles. The van der Waals surface area contributed by atoms with Gasteiger partial charge in [-0.05, 0) is 25.0 Å². The maximum absolute atomic E-state index is 12.3. The highest BCUT2D eigenvalue weighted by molar-refractivity contribution is 6.02. The summed E-state index contributed by atoms with van der Waals surface area (Å²) in [5.74, 6) is -0.467. The maximum Gasteiger partial charge on any atom is 0.273 e. The number of benzene rings is 1. The Hall–Kier alpha value is -3.09. The number of nitrogens with one attached hydrogen (secondary N) is 3. The second kappa shape index (κ2) is 7.21. The summed E-state index contributed by atoms with van der Waals surface area (Å²) >= 11 is 0. The van der Waals surface area contributed by atoms with E-state index in [4.69, 9.17) is 0 Å². The fourth-order valence-electron chi connectivity index (χ4n) is 2.76. The number of aromatic amines is 1. The molecule has 0 unspecified atom stereocenters. The van der Waals surface area contributed by atoms with Gasteiger partial charge in [0.1, 0.15) is 0 Å². The first-order valence-corrected chi connectivity index (χ1v) is 8.26. The number of rotatable bonds is 6. The number of nitrogens with zero attached hydrogens (tertiary/aromatic N) is 2. The summed E-state index contributed by atoms with van der Waals surface area (Å²) in [4.78, 5) is 27.4. The van der Waals surface area contributed by atoms with Crippen LogP contribution in [0.4, 0.5) is 5.69 Å². The van der Waals surface area contributed by atoms with Crippen molar-refractivity contribution in [3.8, 4) is 0 Å². The number of amides is 2. The molecule has 0 atom stereocenters. The summed E-state index contributed by atoms with van der Waals surface area (Å²) in [6.45, 7) is 2.54. The van der Waals surface area contributed by atoms with Crippen LogP contribution in [0.15, 0.2) is 36.7 Å². The minimum Gasteiger partial charge on any atom is -0.361 e. The van der Waals surface area contributed by atoms with Gasteiger partial charge in [-0.25, -0.2) is 0 Å². The zero-order valence-electron chi connectivity index (χ0n) is 14.3. The molecule has 0 aliphatic rings. The van der Waals surface area contributed by atoms with Crippen LogP contribution in [0.2, 0.25) is 0 Å². The Kier molecular flexibility index (Phi) is 4.83. The highest BCUT2D eigenvalue weighted by Crippen LogP contribution is 2.20. The molecule has 0 bridgehead atoms. The molecule has 0 spiro atoms. The molecule has 0 aliphatic carbocycles. The lowest BCUT2D eigenvalue weighted by Gasteiger charge is -2.04. The Morgan fingerprint density at radius 2 is 2.08 bits per heavy atom. The third-order valence-corrected chi connectivity index (χ3v) is 4.10. The third kappa shape index (κ3) is 3.55. The van der Waals surface area contributed by atoms with E-state index in [1.54, 1.807) is 10.9 Å². The fraction of sp³-hybridized carbons (Fsp3) is 0.278. The van der Waals surface area contributed by atoms with Gasteiger partial charge in [-0.1, -0.05) is 18.2 Å². The van der Waals surface area contributed by atoms with Crippen LogP contribution in [-0.2, 0) is 17.8 Å². The molecule has 130 valence electrons. The van der Waals surface area contributed by atoms with Gasteiger partial charge in [0.2, 0.25) is 5.91 Å². The van der Waals surface area contributed by atoms with E-state index in [1.807, 2.05) is 37.4 Å². The number of anilines is 1. The van der Waals surface area contributed by atoms with Gasteiger partial charge >= 0.3 is 0 Å². The molecule has 0 saturated carbocycles. The summed E-state index contributed by atoms with van der Waals surface area (Å²) in [6, 6.07) is 8.00. The van der Waals surface area contributed by atoms with Gasteiger partial charge in [-0.15, -0.1) is 0 Å². The monoisotopic (exact) mass is 339 g/mol. The van der Waals surface area contributed by atoms with Crippen LogP contribution in [0.5, 0.6) is 0 Å². The Morgan fingerprint density at radius 3 is 2.84 bits per heavy atom. The standard InChI is InChI=1S/C18H21N5O2/c1-3-23-11-15(17(22-23)18(25)19-2)21-16(24)9-8-12-10-20-14-7-5-4-6-13(12)14/h4-7,10-11,20H,3,8-9H2,1-2H3,(H,19,25)(H,21,24). The van der Waals surface area contributed by atoms with Crippen LogP contribution in [0.3, 0.4) is 0 Å². The van der Waals surface area contributed by atoms with E-state index < -0.39 is 0 Å². The molecular weight excluding hydrogens is 318 g/mol. The van der Waals surface area contributed by atoms with Gasteiger partial charge in [0.05, 0.1) is 5.69 Å². The Labute approximate surface area is 145 Å². The Morgan fingerprint density at radius 1 is 1.28 bits per heavy atom. The van der Waals surface area contributed by atoms with Crippen LogP contribution < -0.4 is 10.6 Å². The number of para-hydroxylation sites is 1. The molecule has 2 aromatic heterocycles. The lowest BCUT2D eigenvalue weighted by molar-refractivity contribution is -0.116. The van der Waals surface area contributed by atoms with Gasteiger partial charge in [0.15, 0.2) is 5.69 Å². The number of hydrogen-bond donors (Lipinski definition) is 3. The van der Waals surface area contributed by atoms with E-state index in [0.29, 0.717) is 25.1 Å². The smallest absolute Gasteiger partial charge is 0.273 e. The van der Waals surface area contributed by atoms with Crippen molar-refractivity contribution in [3.63, 3.8) is 0 Å². The second-order valence-electron chi connectivity index (χ2n) is 5.73. The van der Waals surface area contributed by atoms with Crippen molar-refractivity contribution in [1.29, 1.82) is 0 Å². The van der Waals surface area contributed by atoms with Crippen molar-refractivity contribution in [1.82, 2.24) is 20.1 Å².